The van der Waals surface area contributed by atoms with Gasteiger partial charge in [0, 0.05) is 51.7 Å². The molecule has 0 spiro atoms. The third-order valence-electron chi connectivity index (χ3n) is 5.99. The first-order valence-electron chi connectivity index (χ1n) is 10.2. The van der Waals surface area contributed by atoms with Gasteiger partial charge in [0.1, 0.15) is 0 Å². The average Bonchev–Trinajstić information content (AvgIpc) is 3.16. The summed E-state index contributed by atoms with van der Waals surface area (Å²) < 4.78 is 0. The summed E-state index contributed by atoms with van der Waals surface area (Å²) in [6.07, 6.45) is 6.51. The number of rotatable bonds is 4. The number of nitrogens with one attached hydrogen (secondary N) is 1. The molecule has 3 fully saturated rings. The Morgan fingerprint density at radius 3 is 2.32 bits per heavy atom. The van der Waals surface area contributed by atoms with E-state index in [1.165, 1.54) is 12.8 Å². The Bertz CT molecular complexity index is 456. The maximum atomic E-state index is 12.5. The van der Waals surface area contributed by atoms with E-state index in [1.54, 1.807) is 0 Å². The average molecular weight is 351 g/mol. The molecule has 0 saturated carbocycles. The van der Waals surface area contributed by atoms with Crippen molar-refractivity contribution in [2.45, 2.75) is 45.4 Å². The highest BCUT2D eigenvalue weighted by atomic mass is 16.2. The van der Waals surface area contributed by atoms with E-state index in [-0.39, 0.29) is 11.9 Å². The van der Waals surface area contributed by atoms with Crippen LogP contribution in [0.3, 0.4) is 0 Å². The molecule has 1 unspecified atom stereocenters. The van der Waals surface area contributed by atoms with Crippen LogP contribution < -0.4 is 5.32 Å². The molecular formula is C19H34N4O2. The van der Waals surface area contributed by atoms with E-state index in [1.807, 2.05) is 9.80 Å². The number of amides is 3. The zero-order valence-corrected chi connectivity index (χ0v) is 15.7. The van der Waals surface area contributed by atoms with Crippen LogP contribution in [0.5, 0.6) is 0 Å². The number of piperidine rings is 2. The number of nitrogens with zero attached hydrogens (tertiary/aromatic N) is 3. The molecule has 142 valence electrons. The third-order valence-corrected chi connectivity index (χ3v) is 5.99. The molecule has 1 atom stereocenters. The summed E-state index contributed by atoms with van der Waals surface area (Å²) >= 11 is 0. The van der Waals surface area contributed by atoms with Crippen LogP contribution in [-0.4, -0.2) is 79.0 Å². The fourth-order valence-corrected chi connectivity index (χ4v) is 4.45. The van der Waals surface area contributed by atoms with E-state index >= 15 is 0 Å². The second-order valence-corrected chi connectivity index (χ2v) is 8.07. The zero-order chi connectivity index (χ0) is 17.6. The van der Waals surface area contributed by atoms with Gasteiger partial charge >= 0.3 is 6.03 Å². The standard InChI is InChI=1S/C19H34N4O2/c1-16-5-4-9-21(15-16)14-8-20-19(25)23-12-6-17(7-13-23)18(24)22-10-2-3-11-22/h16-17H,2-15H2,1H3,(H,20,25). The second-order valence-electron chi connectivity index (χ2n) is 8.07. The Labute approximate surface area is 151 Å². The molecule has 1 N–H and O–H groups in total. The van der Waals surface area contributed by atoms with E-state index in [0.717, 1.165) is 70.9 Å². The maximum absolute atomic E-state index is 12.5. The molecule has 0 aliphatic carbocycles. The second kappa shape index (κ2) is 8.88. The molecule has 6 nitrogen and oxygen atoms in total. The minimum Gasteiger partial charge on any atom is -0.342 e. The molecular weight excluding hydrogens is 316 g/mol. The monoisotopic (exact) mass is 350 g/mol. The Balaban J connectivity index is 1.33. The summed E-state index contributed by atoms with van der Waals surface area (Å²) in [7, 11) is 0. The van der Waals surface area contributed by atoms with Crippen molar-refractivity contribution in [3.63, 3.8) is 0 Å². The molecule has 25 heavy (non-hydrogen) atoms. The van der Waals surface area contributed by atoms with Crippen LogP contribution in [0.15, 0.2) is 0 Å². The number of carbonyl (C=O) groups is 2. The van der Waals surface area contributed by atoms with Crippen molar-refractivity contribution < 1.29 is 9.59 Å². The Morgan fingerprint density at radius 1 is 0.920 bits per heavy atom. The van der Waals surface area contributed by atoms with Gasteiger partial charge in [-0.05, 0) is 51.0 Å². The lowest BCUT2D eigenvalue weighted by atomic mass is 9.95. The molecule has 3 amide bonds. The van der Waals surface area contributed by atoms with E-state index in [2.05, 4.69) is 17.1 Å². The summed E-state index contributed by atoms with van der Waals surface area (Å²) in [4.78, 5) is 31.1. The highest BCUT2D eigenvalue weighted by Gasteiger charge is 2.31. The molecule has 0 bridgehead atoms. The van der Waals surface area contributed by atoms with E-state index in [4.69, 9.17) is 0 Å². The van der Waals surface area contributed by atoms with Gasteiger partial charge in [-0.1, -0.05) is 6.92 Å². The van der Waals surface area contributed by atoms with Crippen LogP contribution in [0.4, 0.5) is 4.79 Å². The first-order valence-corrected chi connectivity index (χ1v) is 10.2. The first kappa shape index (κ1) is 18.5. The molecule has 0 aromatic carbocycles. The molecule has 0 aromatic heterocycles. The van der Waals surface area contributed by atoms with Crippen LogP contribution in [-0.2, 0) is 4.79 Å². The van der Waals surface area contributed by atoms with Gasteiger partial charge in [-0.25, -0.2) is 4.79 Å². The lowest BCUT2D eigenvalue weighted by Gasteiger charge is -2.34. The minimum absolute atomic E-state index is 0.0390. The van der Waals surface area contributed by atoms with Crippen molar-refractivity contribution in [3.8, 4) is 0 Å². The fourth-order valence-electron chi connectivity index (χ4n) is 4.45. The highest BCUT2D eigenvalue weighted by molar-refractivity contribution is 5.80. The topological polar surface area (TPSA) is 55.9 Å². The van der Waals surface area contributed by atoms with Gasteiger partial charge in [0.2, 0.25) is 5.91 Å². The van der Waals surface area contributed by atoms with Gasteiger partial charge in [0.25, 0.3) is 0 Å². The summed E-state index contributed by atoms with van der Waals surface area (Å²) in [6.45, 7) is 9.54. The summed E-state index contributed by atoms with van der Waals surface area (Å²) in [5.74, 6) is 1.21. The molecule has 3 rings (SSSR count). The van der Waals surface area contributed by atoms with Crippen molar-refractivity contribution in [2.75, 3.05) is 52.4 Å². The van der Waals surface area contributed by atoms with Crippen LogP contribution in [0, 0.1) is 11.8 Å². The molecule has 3 aliphatic heterocycles. The van der Waals surface area contributed by atoms with Crippen molar-refractivity contribution >= 4 is 11.9 Å². The quantitative estimate of drug-likeness (QED) is 0.841. The Kier molecular flexibility index (Phi) is 6.57. The minimum atomic E-state index is 0.0390. The van der Waals surface area contributed by atoms with Gasteiger partial charge in [-0.15, -0.1) is 0 Å². The summed E-state index contributed by atoms with van der Waals surface area (Å²) in [5, 5.41) is 3.06. The third kappa shape index (κ3) is 5.09. The van der Waals surface area contributed by atoms with Crippen molar-refractivity contribution in [1.29, 1.82) is 0 Å². The maximum Gasteiger partial charge on any atom is 0.317 e. The fraction of sp³-hybridized carbons (Fsp3) is 0.895. The number of hydrogen-bond donors (Lipinski definition) is 1. The van der Waals surface area contributed by atoms with Crippen molar-refractivity contribution in [1.82, 2.24) is 20.0 Å². The summed E-state index contributed by atoms with van der Waals surface area (Å²) in [6, 6.07) is 0.0390. The van der Waals surface area contributed by atoms with E-state index < -0.39 is 0 Å². The number of carbonyl (C=O) groups excluding carboxylic acids is 2. The van der Waals surface area contributed by atoms with Crippen LogP contribution in [0.2, 0.25) is 0 Å². The van der Waals surface area contributed by atoms with Gasteiger partial charge in [-0.2, -0.15) is 0 Å². The Hall–Kier alpha value is -1.30. The van der Waals surface area contributed by atoms with Gasteiger partial charge in [0.15, 0.2) is 0 Å². The first-order chi connectivity index (χ1) is 12.1. The van der Waals surface area contributed by atoms with Crippen LogP contribution in [0.25, 0.3) is 0 Å². The number of hydrogen-bond acceptors (Lipinski definition) is 3. The zero-order valence-electron chi connectivity index (χ0n) is 15.7. The van der Waals surface area contributed by atoms with Crippen molar-refractivity contribution in [2.24, 2.45) is 11.8 Å². The molecule has 3 saturated heterocycles. The molecule has 3 aliphatic rings. The SMILES string of the molecule is CC1CCCN(CCNC(=O)N2CCC(C(=O)N3CCCC3)CC2)C1. The van der Waals surface area contributed by atoms with E-state index in [9.17, 15) is 9.59 Å². The van der Waals surface area contributed by atoms with Gasteiger partial charge in [0.05, 0.1) is 0 Å². The lowest BCUT2D eigenvalue weighted by molar-refractivity contribution is -0.135. The van der Waals surface area contributed by atoms with Gasteiger partial charge in [-0.3, -0.25) is 4.79 Å². The number of likely N-dealkylation sites (tertiary alicyclic amines) is 3. The number of urea groups is 1. The lowest BCUT2D eigenvalue weighted by Crippen LogP contribution is -2.48. The normalized spacial score (nSPS) is 26.0. The van der Waals surface area contributed by atoms with Crippen LogP contribution >= 0.6 is 0 Å². The van der Waals surface area contributed by atoms with Gasteiger partial charge < -0.3 is 20.0 Å². The molecule has 0 aromatic rings. The van der Waals surface area contributed by atoms with Crippen LogP contribution in [0.1, 0.15) is 45.4 Å². The van der Waals surface area contributed by atoms with Crippen molar-refractivity contribution in [3.05, 3.63) is 0 Å². The molecule has 6 heteroatoms. The molecule has 3 heterocycles. The largest absolute Gasteiger partial charge is 0.342 e. The van der Waals surface area contributed by atoms with E-state index in [0.29, 0.717) is 19.0 Å². The smallest absolute Gasteiger partial charge is 0.317 e. The Morgan fingerprint density at radius 2 is 1.64 bits per heavy atom. The molecule has 0 radical (unpaired) electrons. The predicted octanol–water partition coefficient (Wildman–Crippen LogP) is 1.76. The summed E-state index contributed by atoms with van der Waals surface area (Å²) in [5.41, 5.74) is 0. The predicted molar refractivity (Wildman–Crippen MR) is 98.3 cm³/mol. The highest BCUT2D eigenvalue weighted by Crippen LogP contribution is 2.22.